The van der Waals surface area contributed by atoms with Crippen LogP contribution in [-0.4, -0.2) is 72.6 Å². The monoisotopic (exact) mass is 525 g/mol. The average molecular weight is 526 g/mol. The number of nitrogens with one attached hydrogen (secondary N) is 1. The van der Waals surface area contributed by atoms with Gasteiger partial charge in [0.05, 0.1) is 13.7 Å². The molecule has 1 atom stereocenters. The van der Waals surface area contributed by atoms with Crippen molar-refractivity contribution in [3.63, 3.8) is 0 Å². The Morgan fingerprint density at radius 1 is 1.00 bits per heavy atom. The minimum atomic E-state index is -0.973. The quantitative estimate of drug-likeness (QED) is 0.281. The molecule has 0 bridgehead atoms. The maximum Gasteiger partial charge on any atom is 0.333 e. The van der Waals surface area contributed by atoms with Gasteiger partial charge in [0, 0.05) is 26.6 Å². The van der Waals surface area contributed by atoms with Gasteiger partial charge in [0.25, 0.3) is 0 Å². The Kier molecular flexibility index (Phi) is 10.9. The smallest absolute Gasteiger partial charge is 0.333 e. The summed E-state index contributed by atoms with van der Waals surface area (Å²) in [4.78, 5) is 26.5. The van der Waals surface area contributed by atoms with Crippen LogP contribution in [0.5, 0.6) is 23.3 Å². The molecule has 0 radical (unpaired) electrons. The number of aromatic nitrogens is 3. The number of aliphatic carboxylic acids is 1. The van der Waals surface area contributed by atoms with Gasteiger partial charge in [-0.1, -0.05) is 19.1 Å². The first-order valence-corrected chi connectivity index (χ1v) is 12.5. The van der Waals surface area contributed by atoms with E-state index in [1.165, 1.54) is 0 Å². The van der Waals surface area contributed by atoms with Gasteiger partial charge in [0.1, 0.15) is 23.9 Å². The fraction of sp³-hybridized carbons (Fsp3) is 0.407. The zero-order valence-electron chi connectivity index (χ0n) is 22.2. The van der Waals surface area contributed by atoms with Crippen molar-refractivity contribution in [2.75, 3.05) is 50.7 Å². The van der Waals surface area contributed by atoms with Crippen molar-refractivity contribution >= 4 is 17.9 Å². The third-order valence-corrected chi connectivity index (χ3v) is 5.43. The Balaban J connectivity index is 1.60. The highest BCUT2D eigenvalue weighted by Crippen LogP contribution is 2.23. The SMILES string of the molecule is CCCNc1nc(Oc2ccc(OC)cc2)nc(N(C)CCOc2ccc(CC(OCC)C(=O)O)cc2)n1. The second kappa shape index (κ2) is 14.6. The molecule has 11 heteroatoms. The number of hydrogen-bond donors (Lipinski definition) is 2. The minimum absolute atomic E-state index is 0.175. The van der Waals surface area contributed by atoms with E-state index in [0.717, 1.165) is 17.7 Å². The highest BCUT2D eigenvalue weighted by molar-refractivity contribution is 5.72. The molecule has 38 heavy (non-hydrogen) atoms. The van der Waals surface area contributed by atoms with Gasteiger partial charge in [-0.25, -0.2) is 4.79 Å². The lowest BCUT2D eigenvalue weighted by Gasteiger charge is -2.19. The van der Waals surface area contributed by atoms with Crippen LogP contribution >= 0.6 is 0 Å². The summed E-state index contributed by atoms with van der Waals surface area (Å²) in [5.74, 6) is 1.87. The molecule has 3 rings (SSSR count). The van der Waals surface area contributed by atoms with Gasteiger partial charge >= 0.3 is 12.0 Å². The van der Waals surface area contributed by atoms with Crippen LogP contribution in [0.1, 0.15) is 25.8 Å². The van der Waals surface area contributed by atoms with Crippen molar-refractivity contribution < 1.29 is 28.8 Å². The number of carboxylic acids is 1. The van der Waals surface area contributed by atoms with Crippen molar-refractivity contribution in [2.45, 2.75) is 32.8 Å². The third-order valence-electron chi connectivity index (χ3n) is 5.43. The molecule has 1 aromatic heterocycles. The summed E-state index contributed by atoms with van der Waals surface area (Å²) in [6.45, 7) is 5.78. The van der Waals surface area contributed by atoms with Crippen molar-refractivity contribution in [1.82, 2.24) is 15.0 Å². The topological polar surface area (TPSA) is 128 Å². The molecule has 11 nitrogen and oxygen atoms in total. The van der Waals surface area contributed by atoms with Crippen LogP contribution in [0.3, 0.4) is 0 Å². The lowest BCUT2D eigenvalue weighted by molar-refractivity contribution is -0.149. The average Bonchev–Trinajstić information content (AvgIpc) is 2.92. The molecular formula is C27H35N5O6. The fourth-order valence-electron chi connectivity index (χ4n) is 3.38. The van der Waals surface area contributed by atoms with Gasteiger partial charge in [-0.15, -0.1) is 0 Å². The number of hydrogen-bond acceptors (Lipinski definition) is 10. The van der Waals surface area contributed by atoms with E-state index in [9.17, 15) is 9.90 Å². The number of carboxylic acid groups (broad SMARTS) is 1. The fourth-order valence-corrected chi connectivity index (χ4v) is 3.38. The molecule has 3 aromatic rings. The van der Waals surface area contributed by atoms with E-state index in [-0.39, 0.29) is 6.01 Å². The summed E-state index contributed by atoms with van der Waals surface area (Å²) in [5.41, 5.74) is 0.858. The molecule has 0 aliphatic rings. The molecule has 0 saturated carbocycles. The molecule has 0 amide bonds. The second-order valence-electron chi connectivity index (χ2n) is 8.35. The highest BCUT2D eigenvalue weighted by atomic mass is 16.5. The minimum Gasteiger partial charge on any atom is -0.497 e. The molecule has 2 N–H and O–H groups in total. The molecule has 1 unspecified atom stereocenters. The normalized spacial score (nSPS) is 11.5. The Bertz CT molecular complexity index is 1140. The van der Waals surface area contributed by atoms with Gasteiger partial charge in [0.2, 0.25) is 11.9 Å². The Hall–Kier alpha value is -4.12. The molecular weight excluding hydrogens is 490 g/mol. The Labute approximate surface area is 222 Å². The van der Waals surface area contributed by atoms with Crippen LogP contribution in [0.2, 0.25) is 0 Å². The number of likely N-dealkylation sites (N-methyl/N-ethyl adjacent to an activating group) is 1. The van der Waals surface area contributed by atoms with Gasteiger partial charge < -0.3 is 34.3 Å². The number of anilines is 2. The van der Waals surface area contributed by atoms with Crippen LogP contribution in [0.15, 0.2) is 48.5 Å². The summed E-state index contributed by atoms with van der Waals surface area (Å²) in [6, 6.07) is 14.6. The standard InChI is InChI=1S/C27H35N5O6/c1-5-15-28-25-29-26(31-27(30-25)38-22-13-11-20(35-4)12-14-22)32(3)16-17-37-21-9-7-19(8-10-21)18-23(24(33)34)36-6-2/h7-14,23H,5-6,15-18H2,1-4H3,(H,33,34)(H,28,29,30,31). The summed E-state index contributed by atoms with van der Waals surface area (Å²) in [7, 11) is 3.47. The van der Waals surface area contributed by atoms with Crippen LogP contribution in [-0.2, 0) is 16.0 Å². The molecule has 0 saturated heterocycles. The number of nitrogens with zero attached hydrogens (tertiary/aromatic N) is 4. The molecule has 204 valence electrons. The van der Waals surface area contributed by atoms with Gasteiger partial charge in [-0.05, 0) is 55.3 Å². The predicted octanol–water partition coefficient (Wildman–Crippen LogP) is 4.04. The maximum atomic E-state index is 11.3. The summed E-state index contributed by atoms with van der Waals surface area (Å²) in [5, 5.41) is 12.5. The summed E-state index contributed by atoms with van der Waals surface area (Å²) >= 11 is 0. The van der Waals surface area contributed by atoms with E-state index in [1.54, 1.807) is 38.3 Å². The molecule has 0 fully saturated rings. The highest BCUT2D eigenvalue weighted by Gasteiger charge is 2.18. The first-order valence-electron chi connectivity index (χ1n) is 12.5. The van der Waals surface area contributed by atoms with E-state index in [4.69, 9.17) is 18.9 Å². The zero-order chi connectivity index (χ0) is 27.3. The summed E-state index contributed by atoms with van der Waals surface area (Å²) < 4.78 is 22.2. The van der Waals surface area contributed by atoms with Crippen molar-refractivity contribution in [2.24, 2.45) is 0 Å². The van der Waals surface area contributed by atoms with E-state index >= 15 is 0 Å². The number of methoxy groups -OCH3 is 1. The van der Waals surface area contributed by atoms with Crippen LogP contribution in [0, 0.1) is 0 Å². The van der Waals surface area contributed by atoms with Crippen LogP contribution in [0.4, 0.5) is 11.9 Å². The molecule has 1 heterocycles. The van der Waals surface area contributed by atoms with Gasteiger partial charge in [-0.3, -0.25) is 0 Å². The molecule has 2 aromatic carbocycles. The van der Waals surface area contributed by atoms with E-state index in [1.807, 2.05) is 36.2 Å². The van der Waals surface area contributed by atoms with Crippen molar-refractivity contribution in [3.05, 3.63) is 54.1 Å². The first kappa shape index (κ1) is 28.5. The zero-order valence-corrected chi connectivity index (χ0v) is 22.2. The number of carbonyl (C=O) groups is 1. The maximum absolute atomic E-state index is 11.3. The summed E-state index contributed by atoms with van der Waals surface area (Å²) in [6.07, 6.45) is 0.345. The largest absolute Gasteiger partial charge is 0.497 e. The van der Waals surface area contributed by atoms with Gasteiger partial charge in [-0.2, -0.15) is 15.0 Å². The lowest BCUT2D eigenvalue weighted by Crippen LogP contribution is -2.26. The molecule has 0 aliphatic carbocycles. The Morgan fingerprint density at radius 3 is 2.32 bits per heavy atom. The predicted molar refractivity (Wildman–Crippen MR) is 144 cm³/mol. The number of ether oxygens (including phenoxy) is 4. The van der Waals surface area contributed by atoms with E-state index in [0.29, 0.717) is 56.1 Å². The lowest BCUT2D eigenvalue weighted by atomic mass is 10.1. The van der Waals surface area contributed by atoms with Crippen LogP contribution < -0.4 is 24.4 Å². The van der Waals surface area contributed by atoms with Crippen molar-refractivity contribution in [3.8, 4) is 23.3 Å². The second-order valence-corrected chi connectivity index (χ2v) is 8.35. The van der Waals surface area contributed by atoms with Crippen molar-refractivity contribution in [1.29, 1.82) is 0 Å². The number of rotatable bonds is 16. The number of benzene rings is 2. The van der Waals surface area contributed by atoms with E-state index < -0.39 is 12.1 Å². The van der Waals surface area contributed by atoms with Gasteiger partial charge in [0.15, 0.2) is 6.10 Å². The Morgan fingerprint density at radius 2 is 1.68 bits per heavy atom. The molecule has 0 aliphatic heterocycles. The van der Waals surface area contributed by atoms with E-state index in [2.05, 4.69) is 27.2 Å². The molecule has 0 spiro atoms. The van der Waals surface area contributed by atoms with Crippen LogP contribution in [0.25, 0.3) is 0 Å². The third kappa shape index (κ3) is 8.77. The first-order chi connectivity index (χ1) is 18.4.